The van der Waals surface area contributed by atoms with Crippen molar-refractivity contribution in [1.82, 2.24) is 0 Å². The van der Waals surface area contributed by atoms with Gasteiger partial charge in [-0.3, -0.25) is 4.79 Å². The van der Waals surface area contributed by atoms with Crippen molar-refractivity contribution in [2.45, 2.75) is 17.4 Å². The fraction of sp³-hybridized carbons (Fsp3) is 0.176. The number of carbonyl (C=O) groups excluding carboxylic acids is 2. The highest BCUT2D eigenvalue weighted by Gasteiger charge is 2.17. The molecule has 0 saturated heterocycles. The van der Waals surface area contributed by atoms with Crippen LogP contribution in [0.1, 0.15) is 22.3 Å². The fourth-order valence-corrected chi connectivity index (χ4v) is 3.15. The van der Waals surface area contributed by atoms with Gasteiger partial charge in [0.25, 0.3) is 0 Å². The molecule has 0 spiro atoms. The van der Waals surface area contributed by atoms with Gasteiger partial charge in [0, 0.05) is 27.8 Å². The van der Waals surface area contributed by atoms with Gasteiger partial charge < -0.3 is 9.90 Å². The van der Waals surface area contributed by atoms with Crippen LogP contribution in [0, 0.1) is 0 Å². The van der Waals surface area contributed by atoms with E-state index < -0.39 is 11.2 Å². The van der Waals surface area contributed by atoms with Crippen LogP contribution in [0.5, 0.6) is 0 Å². The van der Waals surface area contributed by atoms with Crippen molar-refractivity contribution in [3.8, 4) is 0 Å². The van der Waals surface area contributed by atoms with E-state index in [1.54, 1.807) is 36.4 Å². The summed E-state index contributed by atoms with van der Waals surface area (Å²) in [4.78, 5) is 23.4. The summed E-state index contributed by atoms with van der Waals surface area (Å²) < 4.78 is 0. The van der Waals surface area contributed by atoms with Crippen molar-refractivity contribution in [2.24, 2.45) is 0 Å². The molecule has 3 nitrogen and oxygen atoms in total. The lowest BCUT2D eigenvalue weighted by molar-refractivity contribution is -0.304. The molecule has 0 aliphatic rings. The maximum Gasteiger partial charge on any atom is 0.164 e. The Hall–Kier alpha value is -1.49. The predicted molar refractivity (Wildman–Crippen MR) is 91.9 cm³/mol. The zero-order chi connectivity index (χ0) is 16.8. The number of benzene rings is 2. The molecule has 0 bridgehead atoms. The summed E-state index contributed by atoms with van der Waals surface area (Å²) in [5.41, 5.74) is 1.37. The molecular formula is C17H13Cl2O3S-. The molecule has 0 aliphatic heterocycles. The number of carboxylic acids is 1. The second-order valence-electron chi connectivity index (χ2n) is 4.88. The highest BCUT2D eigenvalue weighted by molar-refractivity contribution is 7.99. The summed E-state index contributed by atoms with van der Waals surface area (Å²) in [5.74, 6) is -1.03. The molecular weight excluding hydrogens is 355 g/mol. The molecule has 0 amide bonds. The standard InChI is InChI=1S/C17H14Cl2O3S/c18-13-5-1-11(2-6-13)10-23-16(17(21)22)9-15(20)12-3-7-14(19)8-4-12/h1-8,16H,9-10H2,(H,21,22)/p-1/t16-/m1/s1. The number of halogens is 2. The van der Waals surface area contributed by atoms with E-state index in [0.717, 1.165) is 17.3 Å². The summed E-state index contributed by atoms with van der Waals surface area (Å²) >= 11 is 12.7. The average molecular weight is 368 g/mol. The second kappa shape index (κ2) is 8.39. The Morgan fingerprint density at radius 1 is 0.957 bits per heavy atom. The van der Waals surface area contributed by atoms with Crippen LogP contribution in [0.25, 0.3) is 0 Å². The summed E-state index contributed by atoms with van der Waals surface area (Å²) in [6.07, 6.45) is -0.123. The Morgan fingerprint density at radius 2 is 1.48 bits per heavy atom. The van der Waals surface area contributed by atoms with Crippen LogP contribution in [0.15, 0.2) is 48.5 Å². The van der Waals surface area contributed by atoms with Crippen molar-refractivity contribution >= 4 is 46.7 Å². The first-order chi connectivity index (χ1) is 11.0. The molecule has 0 heterocycles. The van der Waals surface area contributed by atoms with E-state index in [1.807, 2.05) is 12.1 Å². The molecule has 23 heavy (non-hydrogen) atoms. The first kappa shape index (κ1) is 17.9. The summed E-state index contributed by atoms with van der Waals surface area (Å²) in [5, 5.41) is 11.5. The van der Waals surface area contributed by atoms with Crippen LogP contribution in [0.3, 0.4) is 0 Å². The van der Waals surface area contributed by atoms with Gasteiger partial charge in [-0.15, -0.1) is 11.8 Å². The number of ketones is 1. The number of hydrogen-bond donors (Lipinski definition) is 0. The second-order valence-corrected chi connectivity index (χ2v) is 6.94. The molecule has 0 unspecified atom stereocenters. The third kappa shape index (κ3) is 5.57. The molecule has 0 N–H and O–H groups in total. The normalized spacial score (nSPS) is 11.9. The molecule has 0 aliphatic carbocycles. The highest BCUT2D eigenvalue weighted by Crippen LogP contribution is 2.23. The van der Waals surface area contributed by atoms with E-state index in [9.17, 15) is 14.7 Å². The third-order valence-electron chi connectivity index (χ3n) is 3.16. The van der Waals surface area contributed by atoms with Crippen LogP contribution in [0.4, 0.5) is 0 Å². The average Bonchev–Trinajstić information content (AvgIpc) is 2.53. The smallest absolute Gasteiger partial charge is 0.164 e. The minimum Gasteiger partial charge on any atom is -0.549 e. The molecule has 0 fully saturated rings. The maximum atomic E-state index is 12.2. The summed E-state index contributed by atoms with van der Waals surface area (Å²) in [7, 11) is 0. The number of hydrogen-bond acceptors (Lipinski definition) is 4. The zero-order valence-electron chi connectivity index (χ0n) is 12.0. The van der Waals surface area contributed by atoms with Gasteiger partial charge in [-0.05, 0) is 42.0 Å². The van der Waals surface area contributed by atoms with E-state index >= 15 is 0 Å². The molecule has 120 valence electrons. The van der Waals surface area contributed by atoms with Crippen molar-refractivity contribution in [3.05, 3.63) is 69.7 Å². The van der Waals surface area contributed by atoms with Crippen LogP contribution in [-0.2, 0) is 10.5 Å². The van der Waals surface area contributed by atoms with E-state index in [2.05, 4.69) is 0 Å². The number of Topliss-reactive ketones (excluding diaryl/α,β-unsaturated/α-hetero) is 1. The Labute approximate surface area is 148 Å². The number of carboxylic acid groups (broad SMARTS) is 1. The Bertz CT molecular complexity index is 684. The molecule has 0 aromatic heterocycles. The van der Waals surface area contributed by atoms with E-state index in [1.165, 1.54) is 0 Å². The first-order valence-electron chi connectivity index (χ1n) is 6.81. The van der Waals surface area contributed by atoms with Crippen LogP contribution in [0.2, 0.25) is 10.0 Å². The van der Waals surface area contributed by atoms with Crippen molar-refractivity contribution in [1.29, 1.82) is 0 Å². The summed E-state index contributed by atoms with van der Waals surface area (Å²) in [6, 6.07) is 13.5. The maximum absolute atomic E-state index is 12.2. The number of aliphatic carboxylic acids is 1. The highest BCUT2D eigenvalue weighted by atomic mass is 35.5. The zero-order valence-corrected chi connectivity index (χ0v) is 14.3. The third-order valence-corrected chi connectivity index (χ3v) is 4.93. The van der Waals surface area contributed by atoms with Gasteiger partial charge in [0.1, 0.15) is 0 Å². The first-order valence-corrected chi connectivity index (χ1v) is 8.62. The van der Waals surface area contributed by atoms with Gasteiger partial charge in [-0.2, -0.15) is 0 Å². The lowest BCUT2D eigenvalue weighted by Gasteiger charge is -2.17. The van der Waals surface area contributed by atoms with Crippen LogP contribution in [-0.4, -0.2) is 17.0 Å². The van der Waals surface area contributed by atoms with Gasteiger partial charge >= 0.3 is 0 Å². The van der Waals surface area contributed by atoms with Gasteiger partial charge in [0.05, 0.1) is 11.2 Å². The minimum absolute atomic E-state index is 0.123. The predicted octanol–water partition coefficient (Wildman–Crippen LogP) is 3.62. The van der Waals surface area contributed by atoms with Crippen molar-refractivity contribution in [3.63, 3.8) is 0 Å². The lowest BCUT2D eigenvalue weighted by Crippen LogP contribution is -2.35. The molecule has 2 aromatic rings. The number of rotatable bonds is 7. The van der Waals surface area contributed by atoms with Gasteiger partial charge in [-0.25, -0.2) is 0 Å². The van der Waals surface area contributed by atoms with Gasteiger partial charge in [0.15, 0.2) is 5.78 Å². The van der Waals surface area contributed by atoms with Crippen molar-refractivity contribution < 1.29 is 14.7 Å². The van der Waals surface area contributed by atoms with Crippen LogP contribution < -0.4 is 5.11 Å². The molecule has 0 radical (unpaired) electrons. The number of carbonyl (C=O) groups is 2. The summed E-state index contributed by atoms with van der Waals surface area (Å²) in [6.45, 7) is 0. The van der Waals surface area contributed by atoms with Crippen LogP contribution >= 0.6 is 35.0 Å². The Balaban J connectivity index is 1.98. The number of thioether (sulfide) groups is 1. The lowest BCUT2D eigenvalue weighted by atomic mass is 10.1. The molecule has 2 rings (SSSR count). The van der Waals surface area contributed by atoms with Gasteiger partial charge in [0.2, 0.25) is 0 Å². The van der Waals surface area contributed by atoms with E-state index in [0.29, 0.717) is 21.4 Å². The van der Waals surface area contributed by atoms with E-state index in [4.69, 9.17) is 23.2 Å². The molecule has 6 heteroatoms. The Kier molecular flexibility index (Phi) is 6.51. The SMILES string of the molecule is O=C(C[C@@H](SCc1ccc(Cl)cc1)C(=O)[O-])c1ccc(Cl)cc1. The quantitative estimate of drug-likeness (QED) is 0.701. The van der Waals surface area contributed by atoms with E-state index in [-0.39, 0.29) is 12.2 Å². The molecule has 1 atom stereocenters. The fourth-order valence-electron chi connectivity index (χ4n) is 1.91. The van der Waals surface area contributed by atoms with Gasteiger partial charge in [-0.1, -0.05) is 35.3 Å². The largest absolute Gasteiger partial charge is 0.549 e. The monoisotopic (exact) mass is 367 g/mol. The molecule has 2 aromatic carbocycles. The minimum atomic E-state index is -1.24. The Morgan fingerprint density at radius 3 is 2.00 bits per heavy atom. The molecule has 0 saturated carbocycles. The topological polar surface area (TPSA) is 57.2 Å². The van der Waals surface area contributed by atoms with Crippen molar-refractivity contribution in [2.75, 3.05) is 0 Å².